The predicted octanol–water partition coefficient (Wildman–Crippen LogP) is 5.13. The van der Waals surface area contributed by atoms with Crippen molar-refractivity contribution in [2.45, 2.75) is 25.2 Å². The van der Waals surface area contributed by atoms with E-state index in [1.54, 1.807) is 28.8 Å². The number of halogens is 1. The van der Waals surface area contributed by atoms with E-state index >= 15 is 0 Å². The Labute approximate surface area is 166 Å². The SMILES string of the molecule is O=C(O)C1CCCc2c1c1ccccc1n2C(=O)c1ccc(F)c2ccccc12. The van der Waals surface area contributed by atoms with Gasteiger partial charge in [0.15, 0.2) is 0 Å². The van der Waals surface area contributed by atoms with Crippen molar-refractivity contribution in [2.24, 2.45) is 0 Å². The molecule has 3 aromatic carbocycles. The van der Waals surface area contributed by atoms with Crippen molar-refractivity contribution in [3.63, 3.8) is 0 Å². The Morgan fingerprint density at radius 1 is 0.931 bits per heavy atom. The van der Waals surface area contributed by atoms with Crippen LogP contribution < -0.4 is 0 Å². The van der Waals surface area contributed by atoms with Crippen molar-refractivity contribution in [2.75, 3.05) is 0 Å². The first-order chi connectivity index (χ1) is 14.1. The highest BCUT2D eigenvalue weighted by atomic mass is 19.1. The summed E-state index contributed by atoms with van der Waals surface area (Å²) in [5.74, 6) is -2.12. The summed E-state index contributed by atoms with van der Waals surface area (Å²) in [4.78, 5) is 25.6. The fourth-order valence-electron chi connectivity index (χ4n) is 4.62. The van der Waals surface area contributed by atoms with Gasteiger partial charge in [0.2, 0.25) is 0 Å². The maximum atomic E-state index is 14.3. The second-order valence-electron chi connectivity index (χ2n) is 7.44. The molecule has 4 aromatic rings. The molecule has 1 heterocycles. The van der Waals surface area contributed by atoms with Crippen LogP contribution in [0.4, 0.5) is 4.39 Å². The van der Waals surface area contributed by atoms with Crippen LogP contribution in [0, 0.1) is 5.82 Å². The van der Waals surface area contributed by atoms with Gasteiger partial charge in [-0.3, -0.25) is 14.2 Å². The fraction of sp³-hybridized carbons (Fsp3) is 0.167. The fourth-order valence-corrected chi connectivity index (χ4v) is 4.62. The average molecular weight is 387 g/mol. The molecule has 5 rings (SSSR count). The molecule has 1 unspecified atom stereocenters. The summed E-state index contributed by atoms with van der Waals surface area (Å²) in [6, 6.07) is 17.2. The third-order valence-corrected chi connectivity index (χ3v) is 5.87. The normalized spacial score (nSPS) is 16.1. The molecule has 1 aromatic heterocycles. The van der Waals surface area contributed by atoms with E-state index in [4.69, 9.17) is 0 Å². The highest BCUT2D eigenvalue weighted by Gasteiger charge is 2.33. The first-order valence-electron chi connectivity index (χ1n) is 9.65. The van der Waals surface area contributed by atoms with E-state index in [2.05, 4.69) is 0 Å². The molecule has 0 spiro atoms. The van der Waals surface area contributed by atoms with Crippen molar-refractivity contribution in [3.8, 4) is 0 Å². The largest absolute Gasteiger partial charge is 0.481 e. The van der Waals surface area contributed by atoms with Gasteiger partial charge in [-0.25, -0.2) is 4.39 Å². The molecule has 0 saturated heterocycles. The minimum absolute atomic E-state index is 0.260. The number of aromatic nitrogens is 1. The predicted molar refractivity (Wildman–Crippen MR) is 109 cm³/mol. The summed E-state index contributed by atoms with van der Waals surface area (Å²) in [5.41, 5.74) is 2.59. The number of fused-ring (bicyclic) bond motifs is 4. The van der Waals surface area contributed by atoms with Crippen molar-refractivity contribution in [1.29, 1.82) is 0 Å². The highest BCUT2D eigenvalue weighted by Crippen LogP contribution is 2.40. The van der Waals surface area contributed by atoms with E-state index in [9.17, 15) is 19.1 Å². The lowest BCUT2D eigenvalue weighted by Crippen LogP contribution is -2.22. The second kappa shape index (κ2) is 6.55. The van der Waals surface area contributed by atoms with Crippen molar-refractivity contribution < 1.29 is 19.1 Å². The Balaban J connectivity index is 1.80. The zero-order valence-electron chi connectivity index (χ0n) is 15.6. The molecule has 1 aliphatic carbocycles. The van der Waals surface area contributed by atoms with Gasteiger partial charge in [-0.05, 0) is 48.4 Å². The Morgan fingerprint density at radius 3 is 2.38 bits per heavy atom. The van der Waals surface area contributed by atoms with Crippen LogP contribution in [0.15, 0.2) is 60.7 Å². The molecule has 4 nitrogen and oxygen atoms in total. The van der Waals surface area contributed by atoms with Gasteiger partial charge >= 0.3 is 5.97 Å². The first-order valence-corrected chi connectivity index (χ1v) is 9.65. The smallest absolute Gasteiger partial charge is 0.311 e. The van der Waals surface area contributed by atoms with E-state index in [-0.39, 0.29) is 11.7 Å². The monoisotopic (exact) mass is 387 g/mol. The molecular formula is C24H18FNO3. The lowest BCUT2D eigenvalue weighted by atomic mass is 9.85. The summed E-state index contributed by atoms with van der Waals surface area (Å²) in [6.07, 6.45) is 1.90. The first kappa shape index (κ1) is 17.6. The molecule has 0 aliphatic heterocycles. The number of carbonyl (C=O) groups excluding carboxylic acids is 1. The zero-order chi connectivity index (χ0) is 20.1. The van der Waals surface area contributed by atoms with Crippen LogP contribution in [-0.4, -0.2) is 21.6 Å². The maximum absolute atomic E-state index is 14.3. The average Bonchev–Trinajstić information content (AvgIpc) is 3.08. The number of nitrogens with zero attached hydrogens (tertiary/aromatic N) is 1. The van der Waals surface area contributed by atoms with Gasteiger partial charge in [0, 0.05) is 22.0 Å². The van der Waals surface area contributed by atoms with Crippen LogP contribution in [0.3, 0.4) is 0 Å². The minimum atomic E-state index is -0.867. The summed E-state index contributed by atoms with van der Waals surface area (Å²) in [5, 5.41) is 11.5. The van der Waals surface area contributed by atoms with E-state index in [1.165, 1.54) is 12.1 Å². The summed E-state index contributed by atoms with van der Waals surface area (Å²) >= 11 is 0. The standard InChI is InChI=1S/C24H18FNO3/c25-19-13-12-16(14-6-1-2-7-15(14)19)23(27)26-20-10-4-3-8-17(20)22-18(24(28)29)9-5-11-21(22)26/h1-4,6-8,10,12-13,18H,5,9,11H2,(H,28,29). The number of carboxylic acids is 1. The third-order valence-electron chi connectivity index (χ3n) is 5.87. The Hall–Kier alpha value is -3.47. The molecule has 0 bridgehead atoms. The molecule has 0 saturated carbocycles. The van der Waals surface area contributed by atoms with Crippen LogP contribution in [0.25, 0.3) is 21.7 Å². The number of aliphatic carboxylic acids is 1. The van der Waals surface area contributed by atoms with Gasteiger partial charge in [0.1, 0.15) is 5.82 Å². The molecule has 0 amide bonds. The second-order valence-corrected chi connectivity index (χ2v) is 7.44. The van der Waals surface area contributed by atoms with Gasteiger partial charge in [-0.1, -0.05) is 42.5 Å². The van der Waals surface area contributed by atoms with Crippen molar-refractivity contribution in [3.05, 3.63) is 83.3 Å². The topological polar surface area (TPSA) is 59.3 Å². The van der Waals surface area contributed by atoms with Gasteiger partial charge in [0.05, 0.1) is 11.4 Å². The van der Waals surface area contributed by atoms with E-state index in [0.717, 1.165) is 16.6 Å². The number of para-hydroxylation sites is 1. The van der Waals surface area contributed by atoms with E-state index < -0.39 is 11.9 Å². The van der Waals surface area contributed by atoms with Gasteiger partial charge < -0.3 is 5.11 Å². The van der Waals surface area contributed by atoms with Gasteiger partial charge in [-0.2, -0.15) is 0 Å². The van der Waals surface area contributed by atoms with E-state index in [1.807, 2.05) is 24.3 Å². The van der Waals surface area contributed by atoms with Gasteiger partial charge in [0.25, 0.3) is 5.91 Å². The number of benzene rings is 3. The lowest BCUT2D eigenvalue weighted by molar-refractivity contribution is -0.139. The number of rotatable bonds is 2. The molecule has 0 fully saturated rings. The quantitative estimate of drug-likeness (QED) is 0.519. The highest BCUT2D eigenvalue weighted by molar-refractivity contribution is 6.12. The van der Waals surface area contributed by atoms with Crippen molar-refractivity contribution in [1.82, 2.24) is 4.57 Å². The van der Waals surface area contributed by atoms with Gasteiger partial charge in [-0.15, -0.1) is 0 Å². The minimum Gasteiger partial charge on any atom is -0.481 e. The summed E-state index contributed by atoms with van der Waals surface area (Å²) in [6.45, 7) is 0. The lowest BCUT2D eigenvalue weighted by Gasteiger charge is -2.21. The number of carbonyl (C=O) groups is 2. The zero-order valence-corrected chi connectivity index (χ0v) is 15.6. The Kier molecular flexibility index (Phi) is 3.98. The van der Waals surface area contributed by atoms with Crippen LogP contribution in [0.1, 0.15) is 40.4 Å². The van der Waals surface area contributed by atoms with Crippen molar-refractivity contribution >= 4 is 33.6 Å². The molecule has 144 valence electrons. The van der Waals surface area contributed by atoms with E-state index in [0.29, 0.717) is 41.1 Å². The number of hydrogen-bond acceptors (Lipinski definition) is 2. The van der Waals surface area contributed by atoms with Crippen LogP contribution in [0.5, 0.6) is 0 Å². The molecule has 1 aliphatic rings. The summed E-state index contributed by atoms with van der Waals surface area (Å²) in [7, 11) is 0. The number of hydrogen-bond donors (Lipinski definition) is 1. The maximum Gasteiger partial charge on any atom is 0.311 e. The molecule has 0 radical (unpaired) electrons. The molecule has 1 atom stereocenters. The Bertz CT molecular complexity index is 1300. The molecular weight excluding hydrogens is 369 g/mol. The molecule has 29 heavy (non-hydrogen) atoms. The molecule has 5 heteroatoms. The van der Waals surface area contributed by atoms with Crippen LogP contribution >= 0.6 is 0 Å². The van der Waals surface area contributed by atoms with Crippen LogP contribution in [0.2, 0.25) is 0 Å². The Morgan fingerprint density at radius 2 is 1.62 bits per heavy atom. The van der Waals surface area contributed by atoms with Crippen LogP contribution in [-0.2, 0) is 11.2 Å². The molecule has 1 N–H and O–H groups in total. The number of carboxylic acid groups (broad SMARTS) is 1. The summed E-state index contributed by atoms with van der Waals surface area (Å²) < 4.78 is 15.9. The third kappa shape index (κ3) is 2.58.